The Bertz CT molecular complexity index is 1270. The fourth-order valence-electron chi connectivity index (χ4n) is 3.91. The molecule has 0 saturated carbocycles. The number of hydrogen-bond donors (Lipinski definition) is 0. The van der Waals surface area contributed by atoms with Crippen molar-refractivity contribution in [3.05, 3.63) is 36.3 Å². The van der Waals surface area contributed by atoms with E-state index in [0.29, 0.717) is 17.9 Å². The highest BCUT2D eigenvalue weighted by atomic mass is 32.2. The molecule has 33 heavy (non-hydrogen) atoms. The van der Waals surface area contributed by atoms with Gasteiger partial charge < -0.3 is 4.57 Å². The summed E-state index contributed by atoms with van der Waals surface area (Å²) in [6.07, 6.45) is 2.06. The molecule has 3 heterocycles. The molecule has 0 atom stereocenters. The predicted molar refractivity (Wildman–Crippen MR) is 118 cm³/mol. The summed E-state index contributed by atoms with van der Waals surface area (Å²) in [6.45, 7) is 2.06. The van der Waals surface area contributed by atoms with Gasteiger partial charge in [0.2, 0.25) is 21.8 Å². The number of anilines is 1. The van der Waals surface area contributed by atoms with E-state index in [1.807, 2.05) is 0 Å². The van der Waals surface area contributed by atoms with Gasteiger partial charge in [-0.3, -0.25) is 14.5 Å². The fourth-order valence-corrected chi connectivity index (χ4v) is 6.88. The van der Waals surface area contributed by atoms with Gasteiger partial charge in [0.05, 0.1) is 10.6 Å². The van der Waals surface area contributed by atoms with Crippen LogP contribution in [0.15, 0.2) is 40.4 Å². The number of imide groups is 1. The Kier molecular flexibility index (Phi) is 6.16. The van der Waals surface area contributed by atoms with Crippen LogP contribution in [0.25, 0.3) is 0 Å². The highest BCUT2D eigenvalue weighted by Gasteiger charge is 2.34. The third-order valence-corrected chi connectivity index (χ3v) is 9.57. The average molecular weight is 496 g/mol. The molecule has 2 fully saturated rings. The fraction of sp³-hybridized carbons (Fsp3) is 0.450. The van der Waals surface area contributed by atoms with Crippen LogP contribution in [0.3, 0.4) is 0 Å². The molecule has 0 bridgehead atoms. The summed E-state index contributed by atoms with van der Waals surface area (Å²) in [5, 5.41) is -0.0552. The van der Waals surface area contributed by atoms with Crippen LogP contribution in [-0.2, 0) is 36.7 Å². The lowest BCUT2D eigenvalue weighted by Gasteiger charge is -2.21. The number of rotatable bonds is 5. The van der Waals surface area contributed by atoms with Gasteiger partial charge in [-0.2, -0.15) is 8.61 Å². The molecule has 178 valence electrons. The van der Waals surface area contributed by atoms with Crippen LogP contribution < -0.4 is 4.90 Å². The molecule has 2 saturated heterocycles. The number of imidazole rings is 1. The van der Waals surface area contributed by atoms with Gasteiger partial charge in [0.15, 0.2) is 5.03 Å². The van der Waals surface area contributed by atoms with Crippen LogP contribution in [0, 0.1) is 6.92 Å². The molecule has 4 rings (SSSR count). The molecule has 2 aliphatic heterocycles. The molecule has 0 unspecified atom stereocenters. The Labute approximate surface area is 192 Å². The number of aromatic nitrogens is 2. The first-order valence-electron chi connectivity index (χ1n) is 10.5. The van der Waals surface area contributed by atoms with Crippen LogP contribution in [0.2, 0.25) is 0 Å². The first kappa shape index (κ1) is 23.5. The Morgan fingerprint density at radius 3 is 1.88 bits per heavy atom. The van der Waals surface area contributed by atoms with Gasteiger partial charge in [-0.05, 0) is 37.6 Å². The van der Waals surface area contributed by atoms with E-state index in [4.69, 9.17) is 0 Å². The van der Waals surface area contributed by atoms with E-state index in [1.54, 1.807) is 18.5 Å². The number of hydrogen-bond acceptors (Lipinski definition) is 7. The third-order valence-electron chi connectivity index (χ3n) is 5.89. The zero-order valence-corrected chi connectivity index (χ0v) is 20.0. The third kappa shape index (κ3) is 4.33. The quantitative estimate of drug-likeness (QED) is 0.551. The number of carbonyl (C=O) groups excluding carboxylic acids is 2. The Hall–Kier alpha value is -2.61. The topological polar surface area (TPSA) is 130 Å². The normalized spacial score (nSPS) is 19.3. The van der Waals surface area contributed by atoms with Gasteiger partial charge in [-0.1, -0.05) is 0 Å². The van der Waals surface area contributed by atoms with E-state index in [2.05, 4.69) is 4.98 Å². The van der Waals surface area contributed by atoms with E-state index in [1.165, 1.54) is 39.1 Å². The van der Waals surface area contributed by atoms with Crippen molar-refractivity contribution >= 4 is 37.5 Å². The monoisotopic (exact) mass is 495 g/mol. The Balaban J connectivity index is 1.50. The molecular formula is C20H25N5O6S2. The molecule has 0 spiro atoms. The van der Waals surface area contributed by atoms with Crippen LogP contribution in [0.4, 0.5) is 5.69 Å². The maximum Gasteiger partial charge on any atom is 0.262 e. The zero-order chi connectivity index (χ0) is 24.0. The molecule has 2 aliphatic rings. The van der Waals surface area contributed by atoms with E-state index < -0.39 is 20.0 Å². The molecule has 1 aromatic heterocycles. The number of carbonyl (C=O) groups is 2. The maximum atomic E-state index is 13.2. The lowest BCUT2D eigenvalue weighted by atomic mass is 10.3. The summed E-state index contributed by atoms with van der Waals surface area (Å²) in [6, 6.07) is 5.59. The molecule has 1 aromatic carbocycles. The van der Waals surface area contributed by atoms with Crippen molar-refractivity contribution in [1.29, 1.82) is 0 Å². The molecule has 0 aliphatic carbocycles. The number of amides is 2. The molecule has 2 aromatic rings. The lowest BCUT2D eigenvalue weighted by Crippen LogP contribution is -2.37. The van der Waals surface area contributed by atoms with Gasteiger partial charge in [-0.15, -0.1) is 0 Å². The van der Waals surface area contributed by atoms with E-state index >= 15 is 0 Å². The molecule has 13 heteroatoms. The van der Waals surface area contributed by atoms with Gasteiger partial charge in [0.25, 0.3) is 10.0 Å². The Morgan fingerprint density at radius 1 is 0.818 bits per heavy atom. The number of nitrogens with zero attached hydrogens (tertiary/aromatic N) is 5. The van der Waals surface area contributed by atoms with Crippen molar-refractivity contribution in [1.82, 2.24) is 18.2 Å². The predicted octanol–water partition coefficient (Wildman–Crippen LogP) is 0.467. The van der Waals surface area contributed by atoms with Crippen LogP contribution in [0.1, 0.15) is 25.1 Å². The summed E-state index contributed by atoms with van der Waals surface area (Å²) in [5.41, 5.74) is 0.334. The lowest BCUT2D eigenvalue weighted by molar-refractivity contribution is -0.121. The molecule has 11 nitrogen and oxygen atoms in total. The van der Waals surface area contributed by atoms with Crippen LogP contribution in [0.5, 0.6) is 0 Å². The highest BCUT2D eigenvalue weighted by molar-refractivity contribution is 7.89. The molecule has 2 amide bonds. The second-order valence-electron chi connectivity index (χ2n) is 8.02. The van der Waals surface area contributed by atoms with Crippen LogP contribution in [-0.4, -0.2) is 73.0 Å². The SMILES string of the molecule is Cc1nc(S(=O)(=O)N2CCCN(S(=O)(=O)c3ccc(N4C(=O)CCC4=O)cc3)CC2)cn1C. The summed E-state index contributed by atoms with van der Waals surface area (Å²) in [7, 11) is -6.01. The smallest absolute Gasteiger partial charge is 0.262 e. The van der Waals surface area contributed by atoms with E-state index in [-0.39, 0.29) is 60.8 Å². The van der Waals surface area contributed by atoms with E-state index in [0.717, 1.165) is 4.90 Å². The summed E-state index contributed by atoms with van der Waals surface area (Å²) in [4.78, 5) is 29.0. The van der Waals surface area contributed by atoms with Gasteiger partial charge >= 0.3 is 0 Å². The minimum atomic E-state index is -3.89. The standard InChI is InChI=1S/C20H25N5O6S2/c1-15-21-18(14-22(15)2)33(30,31)24-11-3-10-23(12-13-24)32(28,29)17-6-4-16(5-7-17)25-19(26)8-9-20(25)27/h4-7,14H,3,8-13H2,1-2H3. The first-order valence-corrected chi connectivity index (χ1v) is 13.4. The maximum absolute atomic E-state index is 13.2. The van der Waals surface area contributed by atoms with Gasteiger partial charge in [-0.25, -0.2) is 21.8 Å². The largest absolute Gasteiger partial charge is 0.337 e. The second-order valence-corrected chi connectivity index (χ2v) is 11.8. The van der Waals surface area contributed by atoms with Crippen LogP contribution >= 0.6 is 0 Å². The van der Waals surface area contributed by atoms with Crippen molar-refractivity contribution in [3.63, 3.8) is 0 Å². The minimum Gasteiger partial charge on any atom is -0.337 e. The first-order chi connectivity index (χ1) is 15.5. The van der Waals surface area contributed by atoms with Gasteiger partial charge in [0, 0.05) is 52.3 Å². The summed E-state index contributed by atoms with van der Waals surface area (Å²) >= 11 is 0. The van der Waals surface area contributed by atoms with Crippen molar-refractivity contribution in [2.75, 3.05) is 31.1 Å². The number of benzene rings is 1. The van der Waals surface area contributed by atoms with E-state index in [9.17, 15) is 26.4 Å². The molecular weight excluding hydrogens is 470 g/mol. The summed E-state index contributed by atoms with van der Waals surface area (Å²) < 4.78 is 56.4. The number of aryl methyl sites for hydroxylation is 2. The minimum absolute atomic E-state index is 0.00176. The summed E-state index contributed by atoms with van der Waals surface area (Å²) in [5.74, 6) is -0.0616. The molecule has 0 N–H and O–H groups in total. The average Bonchev–Trinajstić information content (AvgIpc) is 3.16. The van der Waals surface area contributed by atoms with Crippen molar-refractivity contribution in [3.8, 4) is 0 Å². The highest BCUT2D eigenvalue weighted by Crippen LogP contribution is 2.26. The van der Waals surface area contributed by atoms with Crippen molar-refractivity contribution in [2.45, 2.75) is 36.1 Å². The van der Waals surface area contributed by atoms with Gasteiger partial charge in [0.1, 0.15) is 5.82 Å². The number of sulfonamides is 2. The second kappa shape index (κ2) is 8.63. The Morgan fingerprint density at radius 2 is 1.36 bits per heavy atom. The van der Waals surface area contributed by atoms with Crippen molar-refractivity contribution < 1.29 is 26.4 Å². The zero-order valence-electron chi connectivity index (χ0n) is 18.3. The van der Waals surface area contributed by atoms with Crippen molar-refractivity contribution in [2.24, 2.45) is 7.05 Å². The molecule has 0 radical (unpaired) electrons.